The fraction of sp³-hybridized carbons (Fsp3) is 0.471. The van der Waals surface area contributed by atoms with Gasteiger partial charge in [-0.05, 0) is 31.9 Å². The van der Waals surface area contributed by atoms with Gasteiger partial charge in [0.1, 0.15) is 11.5 Å². The van der Waals surface area contributed by atoms with E-state index in [0.717, 1.165) is 36.7 Å². The lowest BCUT2D eigenvalue weighted by Crippen LogP contribution is -1.96. The number of aromatic nitrogens is 1. The zero-order chi connectivity index (χ0) is 14.0. The summed E-state index contributed by atoms with van der Waals surface area (Å²) in [7, 11) is 0. The molecule has 0 radical (unpaired) electrons. The highest BCUT2D eigenvalue weighted by atomic mass is 16.5. The van der Waals surface area contributed by atoms with Gasteiger partial charge in [0.2, 0.25) is 0 Å². The van der Waals surface area contributed by atoms with Gasteiger partial charge in [0.25, 0.3) is 0 Å². The first-order valence-electron chi connectivity index (χ1n) is 7.44. The van der Waals surface area contributed by atoms with E-state index in [-0.39, 0.29) is 0 Å². The van der Waals surface area contributed by atoms with Crippen molar-refractivity contribution in [2.24, 2.45) is 0 Å². The molecule has 1 aromatic carbocycles. The molecule has 0 unspecified atom stereocenters. The van der Waals surface area contributed by atoms with Crippen LogP contribution in [0, 0.1) is 6.92 Å². The SMILES string of the molecule is Cc1cc(CCCCCCCOc2ccccc2)on1. The van der Waals surface area contributed by atoms with Gasteiger partial charge in [0, 0.05) is 12.5 Å². The predicted molar refractivity (Wildman–Crippen MR) is 80.0 cm³/mol. The molecule has 0 bridgehead atoms. The molecule has 1 heterocycles. The van der Waals surface area contributed by atoms with Crippen LogP contribution in [-0.4, -0.2) is 11.8 Å². The van der Waals surface area contributed by atoms with Crippen LogP contribution in [0.15, 0.2) is 40.9 Å². The molecule has 0 saturated heterocycles. The van der Waals surface area contributed by atoms with Gasteiger partial charge in [-0.1, -0.05) is 42.6 Å². The first-order chi connectivity index (χ1) is 9.84. The van der Waals surface area contributed by atoms with Crippen molar-refractivity contribution < 1.29 is 9.26 Å². The van der Waals surface area contributed by atoms with Gasteiger partial charge >= 0.3 is 0 Å². The summed E-state index contributed by atoms with van der Waals surface area (Å²) in [6.07, 6.45) is 7.02. The fourth-order valence-corrected chi connectivity index (χ4v) is 2.17. The number of nitrogens with zero attached hydrogens (tertiary/aromatic N) is 1. The predicted octanol–water partition coefficient (Wildman–Crippen LogP) is 4.56. The molecule has 0 fully saturated rings. The summed E-state index contributed by atoms with van der Waals surface area (Å²) in [6.45, 7) is 2.77. The van der Waals surface area contributed by atoms with Gasteiger partial charge in [-0.15, -0.1) is 0 Å². The molecule has 3 nitrogen and oxygen atoms in total. The van der Waals surface area contributed by atoms with Crippen molar-refractivity contribution in [3.05, 3.63) is 47.9 Å². The van der Waals surface area contributed by atoms with E-state index in [4.69, 9.17) is 9.26 Å². The molecule has 2 aromatic rings. The maximum Gasteiger partial charge on any atom is 0.136 e. The molecular weight excluding hydrogens is 250 g/mol. The number of hydrogen-bond acceptors (Lipinski definition) is 3. The maximum absolute atomic E-state index is 5.66. The van der Waals surface area contributed by atoms with E-state index in [1.54, 1.807) is 0 Å². The lowest BCUT2D eigenvalue weighted by molar-refractivity contribution is 0.304. The van der Waals surface area contributed by atoms with Crippen LogP contribution >= 0.6 is 0 Å². The third-order valence-corrected chi connectivity index (χ3v) is 3.26. The highest BCUT2D eigenvalue weighted by Gasteiger charge is 2.00. The van der Waals surface area contributed by atoms with E-state index < -0.39 is 0 Å². The number of rotatable bonds is 9. The van der Waals surface area contributed by atoms with E-state index in [1.807, 2.05) is 43.3 Å². The molecule has 0 spiro atoms. The summed E-state index contributed by atoms with van der Waals surface area (Å²) < 4.78 is 10.8. The smallest absolute Gasteiger partial charge is 0.136 e. The largest absolute Gasteiger partial charge is 0.494 e. The number of unbranched alkanes of at least 4 members (excludes halogenated alkanes) is 4. The Morgan fingerprint density at radius 1 is 1.00 bits per heavy atom. The molecular formula is C17H23NO2. The van der Waals surface area contributed by atoms with Gasteiger partial charge in [-0.25, -0.2) is 0 Å². The second-order valence-corrected chi connectivity index (χ2v) is 5.11. The van der Waals surface area contributed by atoms with Crippen molar-refractivity contribution in [2.45, 2.75) is 45.4 Å². The van der Waals surface area contributed by atoms with Crippen LogP contribution in [0.1, 0.15) is 43.6 Å². The van der Waals surface area contributed by atoms with Crippen LogP contribution in [0.3, 0.4) is 0 Å². The minimum Gasteiger partial charge on any atom is -0.494 e. The highest BCUT2D eigenvalue weighted by molar-refractivity contribution is 5.20. The van der Waals surface area contributed by atoms with Gasteiger partial charge in [-0.2, -0.15) is 0 Å². The highest BCUT2D eigenvalue weighted by Crippen LogP contribution is 2.12. The average Bonchev–Trinajstić information content (AvgIpc) is 2.88. The average molecular weight is 273 g/mol. The lowest BCUT2D eigenvalue weighted by atomic mass is 10.1. The normalized spacial score (nSPS) is 10.7. The van der Waals surface area contributed by atoms with Crippen molar-refractivity contribution in [2.75, 3.05) is 6.61 Å². The van der Waals surface area contributed by atoms with Crippen molar-refractivity contribution >= 4 is 0 Å². The standard InChI is InChI=1S/C17H23NO2/c1-15-14-17(20-18-15)12-6-3-2-4-9-13-19-16-10-7-5-8-11-16/h5,7-8,10-11,14H,2-4,6,9,12-13H2,1H3. The minimum absolute atomic E-state index is 0.811. The molecule has 0 aliphatic heterocycles. The molecule has 0 aliphatic carbocycles. The van der Waals surface area contributed by atoms with Crippen LogP contribution in [0.4, 0.5) is 0 Å². The second-order valence-electron chi connectivity index (χ2n) is 5.11. The van der Waals surface area contributed by atoms with Crippen LogP contribution in [0.5, 0.6) is 5.75 Å². The Hall–Kier alpha value is -1.77. The van der Waals surface area contributed by atoms with Crippen LogP contribution in [0.25, 0.3) is 0 Å². The molecule has 0 N–H and O–H groups in total. The van der Waals surface area contributed by atoms with E-state index >= 15 is 0 Å². The van der Waals surface area contributed by atoms with E-state index in [2.05, 4.69) is 5.16 Å². The maximum atomic E-state index is 5.66. The van der Waals surface area contributed by atoms with Crippen LogP contribution in [0.2, 0.25) is 0 Å². The van der Waals surface area contributed by atoms with E-state index in [1.165, 1.54) is 25.7 Å². The third kappa shape index (κ3) is 5.47. The Morgan fingerprint density at radius 2 is 1.75 bits per heavy atom. The first kappa shape index (κ1) is 14.6. The third-order valence-electron chi connectivity index (χ3n) is 3.26. The van der Waals surface area contributed by atoms with E-state index in [9.17, 15) is 0 Å². The molecule has 20 heavy (non-hydrogen) atoms. The van der Waals surface area contributed by atoms with Gasteiger partial charge in [0.15, 0.2) is 0 Å². The Balaban J connectivity index is 1.44. The molecule has 2 rings (SSSR count). The van der Waals surface area contributed by atoms with Crippen molar-refractivity contribution in [1.29, 1.82) is 0 Å². The minimum atomic E-state index is 0.811. The first-order valence-corrected chi connectivity index (χ1v) is 7.44. The summed E-state index contributed by atoms with van der Waals surface area (Å²) in [5.41, 5.74) is 0.970. The zero-order valence-electron chi connectivity index (χ0n) is 12.2. The Bertz CT molecular complexity index is 479. The fourth-order valence-electron chi connectivity index (χ4n) is 2.17. The summed E-state index contributed by atoms with van der Waals surface area (Å²) in [5, 5.41) is 3.89. The zero-order valence-corrected chi connectivity index (χ0v) is 12.2. The van der Waals surface area contributed by atoms with Crippen LogP contribution < -0.4 is 4.74 Å². The van der Waals surface area contributed by atoms with Crippen molar-refractivity contribution in [3.8, 4) is 5.75 Å². The lowest BCUT2D eigenvalue weighted by Gasteiger charge is -2.05. The molecule has 0 atom stereocenters. The Kier molecular flexibility index (Phi) is 6.15. The molecule has 3 heteroatoms. The van der Waals surface area contributed by atoms with E-state index in [0.29, 0.717) is 0 Å². The van der Waals surface area contributed by atoms with Gasteiger partial charge in [0.05, 0.1) is 12.3 Å². The Morgan fingerprint density at radius 3 is 2.50 bits per heavy atom. The topological polar surface area (TPSA) is 35.3 Å². The summed E-state index contributed by atoms with van der Waals surface area (Å²) in [6, 6.07) is 12.0. The number of aryl methyl sites for hydroxylation is 2. The summed E-state index contributed by atoms with van der Waals surface area (Å²) >= 11 is 0. The molecule has 0 aliphatic rings. The molecule has 0 saturated carbocycles. The van der Waals surface area contributed by atoms with Crippen molar-refractivity contribution in [3.63, 3.8) is 0 Å². The monoisotopic (exact) mass is 273 g/mol. The second kappa shape index (κ2) is 8.41. The van der Waals surface area contributed by atoms with Gasteiger partial charge < -0.3 is 9.26 Å². The molecule has 0 amide bonds. The number of hydrogen-bond donors (Lipinski definition) is 0. The number of benzene rings is 1. The quantitative estimate of drug-likeness (QED) is 0.628. The summed E-state index contributed by atoms with van der Waals surface area (Å²) in [4.78, 5) is 0. The Labute approximate surface area is 120 Å². The van der Waals surface area contributed by atoms with Crippen molar-refractivity contribution in [1.82, 2.24) is 5.16 Å². The van der Waals surface area contributed by atoms with Gasteiger partial charge in [-0.3, -0.25) is 0 Å². The molecule has 108 valence electrons. The summed E-state index contributed by atoms with van der Waals surface area (Å²) in [5.74, 6) is 1.98. The number of ether oxygens (including phenoxy) is 1. The number of para-hydroxylation sites is 1. The molecule has 1 aromatic heterocycles. The van der Waals surface area contributed by atoms with Crippen LogP contribution in [-0.2, 0) is 6.42 Å².